The SMILES string of the molecule is CCCC(C)Oc1cc(C(F)(F)F)ncc1N. The molecule has 1 unspecified atom stereocenters. The molecule has 1 aromatic heterocycles. The lowest BCUT2D eigenvalue weighted by Crippen LogP contribution is -2.14. The van der Waals surface area contributed by atoms with E-state index in [2.05, 4.69) is 4.98 Å². The van der Waals surface area contributed by atoms with Gasteiger partial charge < -0.3 is 10.5 Å². The van der Waals surface area contributed by atoms with Crippen molar-refractivity contribution < 1.29 is 17.9 Å². The zero-order chi connectivity index (χ0) is 13.1. The summed E-state index contributed by atoms with van der Waals surface area (Å²) in [6.45, 7) is 3.76. The van der Waals surface area contributed by atoms with Crippen molar-refractivity contribution in [1.82, 2.24) is 4.98 Å². The van der Waals surface area contributed by atoms with E-state index in [9.17, 15) is 13.2 Å². The topological polar surface area (TPSA) is 48.1 Å². The van der Waals surface area contributed by atoms with Crippen LogP contribution in [0.25, 0.3) is 0 Å². The third kappa shape index (κ3) is 3.80. The van der Waals surface area contributed by atoms with E-state index in [0.717, 1.165) is 25.1 Å². The molecular weight excluding hydrogens is 233 g/mol. The van der Waals surface area contributed by atoms with Gasteiger partial charge in [0.05, 0.1) is 18.0 Å². The van der Waals surface area contributed by atoms with Gasteiger partial charge in [0.25, 0.3) is 0 Å². The van der Waals surface area contributed by atoms with Crippen LogP contribution >= 0.6 is 0 Å². The first kappa shape index (κ1) is 13.6. The number of alkyl halides is 3. The van der Waals surface area contributed by atoms with Crippen LogP contribution in [0.5, 0.6) is 5.75 Å². The van der Waals surface area contributed by atoms with E-state index in [0.29, 0.717) is 0 Å². The van der Waals surface area contributed by atoms with Crippen LogP contribution < -0.4 is 10.5 Å². The molecule has 2 N–H and O–H groups in total. The Labute approximate surface area is 97.8 Å². The molecule has 1 atom stereocenters. The first-order valence-electron chi connectivity index (χ1n) is 5.34. The summed E-state index contributed by atoms with van der Waals surface area (Å²) in [5, 5.41) is 0. The van der Waals surface area contributed by atoms with Crippen LogP contribution in [0.4, 0.5) is 18.9 Å². The number of nitrogens with zero attached hydrogens (tertiary/aromatic N) is 1. The Kier molecular flexibility index (Phi) is 4.20. The van der Waals surface area contributed by atoms with Crippen LogP contribution in [-0.2, 0) is 6.18 Å². The number of rotatable bonds is 4. The fraction of sp³-hybridized carbons (Fsp3) is 0.545. The molecule has 0 spiro atoms. The quantitative estimate of drug-likeness (QED) is 0.889. The molecule has 0 saturated carbocycles. The largest absolute Gasteiger partial charge is 0.488 e. The molecule has 3 nitrogen and oxygen atoms in total. The van der Waals surface area contributed by atoms with E-state index < -0.39 is 11.9 Å². The van der Waals surface area contributed by atoms with Crippen LogP contribution in [0.2, 0.25) is 0 Å². The van der Waals surface area contributed by atoms with Crippen molar-refractivity contribution in [2.45, 2.75) is 39.0 Å². The Bertz CT molecular complexity index is 379. The summed E-state index contributed by atoms with van der Waals surface area (Å²) >= 11 is 0. The van der Waals surface area contributed by atoms with Gasteiger partial charge in [-0.15, -0.1) is 0 Å². The van der Waals surface area contributed by atoms with Crippen molar-refractivity contribution in [3.63, 3.8) is 0 Å². The molecule has 6 heteroatoms. The van der Waals surface area contributed by atoms with Crippen LogP contribution in [0, 0.1) is 0 Å². The molecule has 1 aromatic rings. The number of aromatic nitrogens is 1. The van der Waals surface area contributed by atoms with E-state index in [1.165, 1.54) is 0 Å². The van der Waals surface area contributed by atoms with Gasteiger partial charge in [-0.3, -0.25) is 0 Å². The van der Waals surface area contributed by atoms with Crippen molar-refractivity contribution >= 4 is 5.69 Å². The van der Waals surface area contributed by atoms with Gasteiger partial charge in [0.2, 0.25) is 0 Å². The predicted molar refractivity (Wildman–Crippen MR) is 58.6 cm³/mol. The van der Waals surface area contributed by atoms with E-state index >= 15 is 0 Å². The molecule has 0 fully saturated rings. The molecule has 96 valence electrons. The zero-order valence-electron chi connectivity index (χ0n) is 9.71. The highest BCUT2D eigenvalue weighted by Gasteiger charge is 2.33. The van der Waals surface area contributed by atoms with Crippen LogP contribution in [-0.4, -0.2) is 11.1 Å². The van der Waals surface area contributed by atoms with Gasteiger partial charge in [-0.25, -0.2) is 4.98 Å². The second-order valence-corrected chi connectivity index (χ2v) is 3.82. The van der Waals surface area contributed by atoms with Gasteiger partial charge in [0.1, 0.15) is 11.4 Å². The fourth-order valence-corrected chi connectivity index (χ4v) is 1.39. The Morgan fingerprint density at radius 3 is 2.65 bits per heavy atom. The van der Waals surface area contributed by atoms with Crippen LogP contribution in [0.1, 0.15) is 32.4 Å². The molecule has 0 aliphatic carbocycles. The third-order valence-corrected chi connectivity index (χ3v) is 2.21. The lowest BCUT2D eigenvalue weighted by Gasteiger charge is -2.16. The highest BCUT2D eigenvalue weighted by Crippen LogP contribution is 2.32. The Hall–Kier alpha value is -1.46. The maximum absolute atomic E-state index is 12.4. The number of ether oxygens (including phenoxy) is 1. The van der Waals surface area contributed by atoms with Gasteiger partial charge in [0.15, 0.2) is 0 Å². The van der Waals surface area contributed by atoms with Gasteiger partial charge in [0, 0.05) is 6.07 Å². The van der Waals surface area contributed by atoms with Crippen LogP contribution in [0.3, 0.4) is 0 Å². The molecule has 0 aliphatic rings. The molecule has 1 heterocycles. The average molecular weight is 248 g/mol. The maximum atomic E-state index is 12.4. The molecule has 17 heavy (non-hydrogen) atoms. The minimum absolute atomic E-state index is 0.0354. The maximum Gasteiger partial charge on any atom is 0.433 e. The van der Waals surface area contributed by atoms with E-state index in [4.69, 9.17) is 10.5 Å². The zero-order valence-corrected chi connectivity index (χ0v) is 9.71. The van der Waals surface area contributed by atoms with E-state index in [1.807, 2.05) is 6.92 Å². The number of nitrogens with two attached hydrogens (primary N) is 1. The number of hydrogen-bond donors (Lipinski definition) is 1. The second kappa shape index (κ2) is 5.25. The van der Waals surface area contributed by atoms with Crippen molar-refractivity contribution in [1.29, 1.82) is 0 Å². The van der Waals surface area contributed by atoms with E-state index in [-0.39, 0.29) is 17.5 Å². The van der Waals surface area contributed by atoms with Gasteiger partial charge >= 0.3 is 6.18 Å². The number of halogens is 3. The summed E-state index contributed by atoms with van der Waals surface area (Å²) in [5.41, 5.74) is 4.64. The molecular formula is C11H15F3N2O. The molecule has 0 aromatic carbocycles. The number of pyridine rings is 1. The summed E-state index contributed by atoms with van der Waals surface area (Å²) in [6, 6.07) is 0.835. The first-order chi connectivity index (χ1) is 7.84. The normalized spacial score (nSPS) is 13.5. The summed E-state index contributed by atoms with van der Waals surface area (Å²) in [7, 11) is 0. The third-order valence-electron chi connectivity index (χ3n) is 2.21. The summed E-state index contributed by atoms with van der Waals surface area (Å²) in [5.74, 6) is 0.0354. The summed E-state index contributed by atoms with van der Waals surface area (Å²) in [6.07, 6.45) is -2.05. The Morgan fingerprint density at radius 1 is 1.47 bits per heavy atom. The summed E-state index contributed by atoms with van der Waals surface area (Å²) < 4.78 is 42.6. The molecule has 0 saturated heterocycles. The molecule has 0 radical (unpaired) electrons. The molecule has 0 amide bonds. The van der Waals surface area contributed by atoms with Crippen LogP contribution in [0.15, 0.2) is 12.3 Å². The smallest absolute Gasteiger partial charge is 0.433 e. The average Bonchev–Trinajstić information content (AvgIpc) is 2.20. The van der Waals surface area contributed by atoms with Crippen molar-refractivity contribution in [2.24, 2.45) is 0 Å². The minimum atomic E-state index is -4.49. The van der Waals surface area contributed by atoms with Gasteiger partial charge in [-0.05, 0) is 13.3 Å². The monoisotopic (exact) mass is 248 g/mol. The van der Waals surface area contributed by atoms with Gasteiger partial charge in [-0.2, -0.15) is 13.2 Å². The standard InChI is InChI=1S/C11H15F3N2O/c1-3-4-7(2)17-9-5-10(11(12,13)14)16-6-8(9)15/h5-7H,3-4,15H2,1-2H3. The predicted octanol–water partition coefficient (Wildman–Crippen LogP) is 3.25. The second-order valence-electron chi connectivity index (χ2n) is 3.82. The summed E-state index contributed by atoms with van der Waals surface area (Å²) in [4.78, 5) is 3.23. The Balaban J connectivity index is 2.91. The lowest BCUT2D eigenvalue weighted by molar-refractivity contribution is -0.141. The Morgan fingerprint density at radius 2 is 2.12 bits per heavy atom. The van der Waals surface area contributed by atoms with Crippen molar-refractivity contribution in [2.75, 3.05) is 5.73 Å². The van der Waals surface area contributed by atoms with Crippen molar-refractivity contribution in [3.8, 4) is 5.75 Å². The first-order valence-corrected chi connectivity index (χ1v) is 5.34. The fourth-order valence-electron chi connectivity index (χ4n) is 1.39. The van der Waals surface area contributed by atoms with Gasteiger partial charge in [-0.1, -0.05) is 13.3 Å². The number of anilines is 1. The number of nitrogen functional groups attached to an aromatic ring is 1. The molecule has 1 rings (SSSR count). The molecule has 0 aliphatic heterocycles. The molecule has 0 bridgehead atoms. The highest BCUT2D eigenvalue weighted by molar-refractivity contribution is 5.51. The highest BCUT2D eigenvalue weighted by atomic mass is 19.4. The number of hydrogen-bond acceptors (Lipinski definition) is 3. The van der Waals surface area contributed by atoms with Crippen molar-refractivity contribution in [3.05, 3.63) is 18.0 Å². The minimum Gasteiger partial charge on any atom is -0.488 e. The lowest BCUT2D eigenvalue weighted by atomic mass is 10.2. The van der Waals surface area contributed by atoms with E-state index in [1.54, 1.807) is 6.92 Å².